The number of esters is 1. The molecule has 1 saturated carbocycles. The summed E-state index contributed by atoms with van der Waals surface area (Å²) in [5.41, 5.74) is 0. The fourth-order valence-corrected chi connectivity index (χ4v) is 2.50. The summed E-state index contributed by atoms with van der Waals surface area (Å²) in [7, 11) is 0. The van der Waals surface area contributed by atoms with E-state index in [1.54, 1.807) is 13.8 Å². The van der Waals surface area contributed by atoms with Gasteiger partial charge in [-0.3, -0.25) is 9.59 Å². The molecule has 2 atom stereocenters. The lowest BCUT2D eigenvalue weighted by atomic mass is 10.3. The minimum atomic E-state index is -0.734. The van der Waals surface area contributed by atoms with Gasteiger partial charge in [-0.1, -0.05) is 18.2 Å². The maximum absolute atomic E-state index is 11.9. The van der Waals surface area contributed by atoms with Gasteiger partial charge in [0.1, 0.15) is 5.25 Å². The molecule has 0 saturated heterocycles. The largest absolute Gasteiger partial charge is 0.452 e. The van der Waals surface area contributed by atoms with Crippen molar-refractivity contribution >= 4 is 23.6 Å². The summed E-state index contributed by atoms with van der Waals surface area (Å²) in [5, 5.41) is 2.49. The third-order valence-corrected chi connectivity index (χ3v) is 4.06. The lowest BCUT2D eigenvalue weighted by Gasteiger charge is -2.16. The molecule has 0 spiro atoms. The molecule has 0 radical (unpaired) electrons. The quantitative estimate of drug-likeness (QED) is 0.646. The summed E-state index contributed by atoms with van der Waals surface area (Å²) in [6.45, 7) is 3.39. The Bertz CT molecular complexity index is 473. The fraction of sp³-hybridized carbons (Fsp3) is 0.467. The average molecular weight is 293 g/mol. The van der Waals surface area contributed by atoms with Gasteiger partial charge in [-0.2, -0.15) is 0 Å². The number of nitrogens with one attached hydrogen (secondary N) is 1. The Labute approximate surface area is 123 Å². The standard InChI is InChI=1S/C15H19NO3S/c1-10(14(17)16-12-8-9-12)19-15(18)11(2)20-13-6-4-3-5-7-13/h3-7,10-12H,8-9H2,1-2H3,(H,16,17)/t10-,11-/m0/s1. The Hall–Kier alpha value is -1.49. The van der Waals surface area contributed by atoms with E-state index in [0.29, 0.717) is 0 Å². The van der Waals surface area contributed by atoms with Crippen molar-refractivity contribution < 1.29 is 14.3 Å². The molecule has 5 heteroatoms. The Balaban J connectivity index is 1.79. The zero-order chi connectivity index (χ0) is 14.5. The van der Waals surface area contributed by atoms with Crippen LogP contribution in [0.1, 0.15) is 26.7 Å². The van der Waals surface area contributed by atoms with Gasteiger partial charge in [-0.25, -0.2) is 0 Å². The maximum Gasteiger partial charge on any atom is 0.319 e. The summed E-state index contributed by atoms with van der Waals surface area (Å²) in [6, 6.07) is 9.94. The van der Waals surface area contributed by atoms with E-state index in [1.165, 1.54) is 11.8 Å². The molecule has 1 aromatic rings. The van der Waals surface area contributed by atoms with Crippen molar-refractivity contribution in [1.82, 2.24) is 5.32 Å². The number of thioether (sulfide) groups is 1. The van der Waals surface area contributed by atoms with Crippen LogP contribution in [0, 0.1) is 0 Å². The van der Waals surface area contributed by atoms with Crippen LogP contribution in [0.25, 0.3) is 0 Å². The summed E-state index contributed by atoms with van der Waals surface area (Å²) in [6.07, 6.45) is 1.31. The predicted octanol–water partition coefficient (Wildman–Crippen LogP) is 2.38. The number of ether oxygens (including phenoxy) is 1. The van der Waals surface area contributed by atoms with Crippen LogP contribution in [0.2, 0.25) is 0 Å². The second-order valence-electron chi connectivity index (χ2n) is 4.94. The summed E-state index contributed by atoms with van der Waals surface area (Å²) >= 11 is 1.43. The molecule has 1 N–H and O–H groups in total. The van der Waals surface area contributed by atoms with Crippen LogP contribution in [-0.4, -0.2) is 29.3 Å². The normalized spacial score (nSPS) is 17.1. The molecule has 1 aliphatic rings. The number of amides is 1. The Morgan fingerprint density at radius 3 is 2.50 bits per heavy atom. The molecule has 1 aliphatic carbocycles. The van der Waals surface area contributed by atoms with Crippen molar-refractivity contribution in [2.24, 2.45) is 0 Å². The van der Waals surface area contributed by atoms with Crippen molar-refractivity contribution in [3.8, 4) is 0 Å². The molecule has 4 nitrogen and oxygen atoms in total. The molecule has 1 aromatic carbocycles. The van der Waals surface area contributed by atoms with Crippen LogP contribution < -0.4 is 5.32 Å². The molecule has 0 aromatic heterocycles. The SMILES string of the molecule is C[C@H](OC(=O)[C@H](C)Sc1ccccc1)C(=O)NC1CC1. The molecule has 108 valence electrons. The molecule has 0 bridgehead atoms. The van der Waals surface area contributed by atoms with Gasteiger partial charge in [0.05, 0.1) is 0 Å². The second kappa shape index (κ2) is 6.79. The zero-order valence-corrected chi connectivity index (χ0v) is 12.5. The summed E-state index contributed by atoms with van der Waals surface area (Å²) in [4.78, 5) is 24.7. The molecule has 0 aliphatic heterocycles. The first-order chi connectivity index (χ1) is 9.56. The highest BCUT2D eigenvalue weighted by atomic mass is 32.2. The molecule has 1 amide bonds. The topological polar surface area (TPSA) is 55.4 Å². The number of hydrogen-bond acceptors (Lipinski definition) is 4. The van der Waals surface area contributed by atoms with Crippen LogP contribution in [0.15, 0.2) is 35.2 Å². The minimum Gasteiger partial charge on any atom is -0.452 e. The highest BCUT2D eigenvalue weighted by Gasteiger charge is 2.28. The molecule has 20 heavy (non-hydrogen) atoms. The molecular weight excluding hydrogens is 274 g/mol. The van der Waals surface area contributed by atoms with Gasteiger partial charge in [0.2, 0.25) is 0 Å². The van der Waals surface area contributed by atoms with E-state index in [-0.39, 0.29) is 23.2 Å². The maximum atomic E-state index is 11.9. The number of carbonyl (C=O) groups is 2. The lowest BCUT2D eigenvalue weighted by molar-refractivity contribution is -0.154. The van der Waals surface area contributed by atoms with E-state index in [1.807, 2.05) is 30.3 Å². The Morgan fingerprint density at radius 1 is 1.25 bits per heavy atom. The highest BCUT2D eigenvalue weighted by molar-refractivity contribution is 8.00. The molecular formula is C15H19NO3S. The van der Waals surface area contributed by atoms with Crippen LogP contribution in [0.4, 0.5) is 0 Å². The van der Waals surface area contributed by atoms with E-state index in [2.05, 4.69) is 5.32 Å². The van der Waals surface area contributed by atoms with Crippen LogP contribution in [0.3, 0.4) is 0 Å². The monoisotopic (exact) mass is 293 g/mol. The number of benzene rings is 1. The molecule has 2 rings (SSSR count). The van der Waals surface area contributed by atoms with E-state index in [0.717, 1.165) is 17.7 Å². The smallest absolute Gasteiger partial charge is 0.319 e. The number of carbonyl (C=O) groups excluding carboxylic acids is 2. The Kier molecular flexibility index (Phi) is 5.06. The highest BCUT2D eigenvalue weighted by Crippen LogP contribution is 2.24. The van der Waals surface area contributed by atoms with Gasteiger partial charge in [-0.15, -0.1) is 11.8 Å². The summed E-state index contributed by atoms with van der Waals surface area (Å²) < 4.78 is 5.20. The van der Waals surface area contributed by atoms with Gasteiger partial charge in [0, 0.05) is 10.9 Å². The van der Waals surface area contributed by atoms with Gasteiger partial charge in [0.25, 0.3) is 5.91 Å². The van der Waals surface area contributed by atoms with Gasteiger partial charge >= 0.3 is 5.97 Å². The lowest BCUT2D eigenvalue weighted by Crippen LogP contribution is -2.38. The second-order valence-corrected chi connectivity index (χ2v) is 6.35. The first-order valence-electron chi connectivity index (χ1n) is 6.79. The van der Waals surface area contributed by atoms with Gasteiger partial charge in [-0.05, 0) is 38.8 Å². The van der Waals surface area contributed by atoms with E-state index < -0.39 is 6.10 Å². The first kappa shape index (κ1) is 14.9. The fourth-order valence-electron chi connectivity index (χ4n) is 1.62. The van der Waals surface area contributed by atoms with Crippen molar-refractivity contribution in [2.75, 3.05) is 0 Å². The first-order valence-corrected chi connectivity index (χ1v) is 7.67. The van der Waals surface area contributed by atoms with Crippen molar-refractivity contribution in [3.63, 3.8) is 0 Å². The van der Waals surface area contributed by atoms with Crippen molar-refractivity contribution in [1.29, 1.82) is 0 Å². The Morgan fingerprint density at radius 2 is 1.90 bits per heavy atom. The predicted molar refractivity (Wildman–Crippen MR) is 78.5 cm³/mol. The van der Waals surface area contributed by atoms with E-state index in [9.17, 15) is 9.59 Å². The van der Waals surface area contributed by atoms with Crippen LogP contribution >= 0.6 is 11.8 Å². The van der Waals surface area contributed by atoms with Gasteiger partial charge < -0.3 is 10.1 Å². The third-order valence-electron chi connectivity index (χ3n) is 2.97. The molecule has 1 fully saturated rings. The van der Waals surface area contributed by atoms with E-state index >= 15 is 0 Å². The van der Waals surface area contributed by atoms with Crippen LogP contribution in [-0.2, 0) is 14.3 Å². The van der Waals surface area contributed by atoms with Crippen LogP contribution in [0.5, 0.6) is 0 Å². The van der Waals surface area contributed by atoms with Gasteiger partial charge in [0.15, 0.2) is 6.10 Å². The molecule has 0 heterocycles. The number of rotatable bonds is 6. The van der Waals surface area contributed by atoms with Crippen molar-refractivity contribution in [3.05, 3.63) is 30.3 Å². The van der Waals surface area contributed by atoms with Crippen molar-refractivity contribution in [2.45, 2.75) is 49.0 Å². The minimum absolute atomic E-state index is 0.210. The summed E-state index contributed by atoms with van der Waals surface area (Å²) in [5.74, 6) is -0.574. The molecule has 0 unspecified atom stereocenters. The van der Waals surface area contributed by atoms with E-state index in [4.69, 9.17) is 4.74 Å². The zero-order valence-electron chi connectivity index (χ0n) is 11.7. The number of hydrogen-bond donors (Lipinski definition) is 1. The third kappa shape index (κ3) is 4.56. The average Bonchev–Trinajstić information content (AvgIpc) is 3.23.